The second-order valence-corrected chi connectivity index (χ2v) is 5.72. The second-order valence-electron chi connectivity index (χ2n) is 5.28. The summed E-state index contributed by atoms with van der Waals surface area (Å²) in [5.41, 5.74) is 0.889. The molecule has 2 nitrogen and oxygen atoms in total. The third kappa shape index (κ3) is 3.63. The minimum atomic E-state index is 0.328. The van der Waals surface area contributed by atoms with Gasteiger partial charge in [0.15, 0.2) is 0 Å². The molecule has 0 unspecified atom stereocenters. The van der Waals surface area contributed by atoms with Crippen molar-refractivity contribution >= 4 is 11.6 Å². The van der Waals surface area contributed by atoms with Crippen LogP contribution in [0.15, 0.2) is 18.2 Å². The Bertz CT molecular complexity index is 386. The van der Waals surface area contributed by atoms with Gasteiger partial charge in [-0.25, -0.2) is 0 Å². The van der Waals surface area contributed by atoms with Gasteiger partial charge in [-0.05, 0) is 49.8 Å². The number of hydrogen-bond acceptors (Lipinski definition) is 2. The molecule has 0 amide bonds. The highest BCUT2D eigenvalue weighted by molar-refractivity contribution is 6.30. The Kier molecular flexibility index (Phi) is 4.90. The first-order chi connectivity index (χ1) is 8.69. The van der Waals surface area contributed by atoms with E-state index in [1.54, 1.807) is 12.1 Å². The third-order valence-electron chi connectivity index (χ3n) is 4.05. The molecule has 0 aliphatic heterocycles. The molecule has 0 aromatic heterocycles. The molecule has 1 aromatic rings. The maximum atomic E-state index is 9.75. The van der Waals surface area contributed by atoms with E-state index < -0.39 is 0 Å². The Morgan fingerprint density at radius 1 is 1.28 bits per heavy atom. The Balaban J connectivity index is 1.83. The quantitative estimate of drug-likeness (QED) is 0.861. The molecule has 18 heavy (non-hydrogen) atoms. The number of rotatable bonds is 4. The summed E-state index contributed by atoms with van der Waals surface area (Å²) in [5, 5.41) is 14.0. The molecule has 0 saturated heterocycles. The lowest BCUT2D eigenvalue weighted by Gasteiger charge is -2.28. The van der Waals surface area contributed by atoms with Crippen molar-refractivity contribution in [3.8, 4) is 5.75 Å². The zero-order valence-electron chi connectivity index (χ0n) is 11.0. The average Bonchev–Trinajstić information content (AvgIpc) is 2.40. The summed E-state index contributed by atoms with van der Waals surface area (Å²) in [5.74, 6) is 1.25. The molecule has 0 spiro atoms. The smallest absolute Gasteiger partial charge is 0.120 e. The molecule has 0 atom stereocenters. The molecule has 100 valence electrons. The van der Waals surface area contributed by atoms with Crippen LogP contribution < -0.4 is 5.32 Å². The zero-order chi connectivity index (χ0) is 13.0. The highest BCUT2D eigenvalue weighted by atomic mass is 35.5. The summed E-state index contributed by atoms with van der Waals surface area (Å²) >= 11 is 5.94. The first-order valence-corrected chi connectivity index (χ1v) is 7.27. The molecule has 1 aromatic carbocycles. The highest BCUT2D eigenvalue weighted by Gasteiger charge is 2.19. The molecule has 2 N–H and O–H groups in total. The summed E-state index contributed by atoms with van der Waals surface area (Å²) in [6, 6.07) is 5.80. The minimum Gasteiger partial charge on any atom is -0.508 e. The van der Waals surface area contributed by atoms with Gasteiger partial charge in [0.1, 0.15) is 5.75 Å². The molecule has 1 aliphatic carbocycles. The number of aromatic hydroxyl groups is 1. The lowest BCUT2D eigenvalue weighted by atomic mass is 9.84. The fourth-order valence-electron chi connectivity index (χ4n) is 2.72. The fourth-order valence-corrected chi connectivity index (χ4v) is 2.92. The molecule has 0 heterocycles. The minimum absolute atomic E-state index is 0.328. The van der Waals surface area contributed by atoms with Crippen molar-refractivity contribution in [3.63, 3.8) is 0 Å². The normalized spacial score (nSPS) is 24.1. The standard InChI is InChI=1S/C15H22ClNO/c1-2-11-3-6-14(7-4-11)17-10-12-9-13(16)5-8-15(12)18/h5,8-9,11,14,17-18H,2-4,6-7,10H2,1H3. The van der Waals surface area contributed by atoms with Crippen molar-refractivity contribution < 1.29 is 5.11 Å². The molecule has 0 radical (unpaired) electrons. The van der Waals surface area contributed by atoms with E-state index in [4.69, 9.17) is 11.6 Å². The maximum Gasteiger partial charge on any atom is 0.120 e. The second kappa shape index (κ2) is 6.44. The van der Waals surface area contributed by atoms with Gasteiger partial charge in [0, 0.05) is 23.2 Å². The van der Waals surface area contributed by atoms with Crippen LogP contribution in [0.4, 0.5) is 0 Å². The van der Waals surface area contributed by atoms with Crippen LogP contribution in [-0.4, -0.2) is 11.1 Å². The van der Waals surface area contributed by atoms with Crippen LogP contribution in [0.2, 0.25) is 5.02 Å². The summed E-state index contributed by atoms with van der Waals surface area (Å²) in [4.78, 5) is 0. The van der Waals surface area contributed by atoms with Crippen LogP contribution in [0.3, 0.4) is 0 Å². The van der Waals surface area contributed by atoms with Crippen molar-refractivity contribution in [2.45, 2.75) is 51.6 Å². The van der Waals surface area contributed by atoms with E-state index in [0.717, 1.165) is 11.5 Å². The van der Waals surface area contributed by atoms with Gasteiger partial charge < -0.3 is 10.4 Å². The van der Waals surface area contributed by atoms with Crippen molar-refractivity contribution in [2.75, 3.05) is 0 Å². The van der Waals surface area contributed by atoms with Gasteiger partial charge in [0.2, 0.25) is 0 Å². The Hall–Kier alpha value is -0.730. The van der Waals surface area contributed by atoms with Gasteiger partial charge in [0.25, 0.3) is 0 Å². The van der Waals surface area contributed by atoms with E-state index >= 15 is 0 Å². The summed E-state index contributed by atoms with van der Waals surface area (Å²) < 4.78 is 0. The fraction of sp³-hybridized carbons (Fsp3) is 0.600. The van der Waals surface area contributed by atoms with Gasteiger partial charge >= 0.3 is 0 Å². The molecule has 0 bridgehead atoms. The van der Waals surface area contributed by atoms with Gasteiger partial charge in [-0.1, -0.05) is 24.9 Å². The van der Waals surface area contributed by atoms with E-state index in [2.05, 4.69) is 12.2 Å². The van der Waals surface area contributed by atoms with Crippen LogP contribution >= 0.6 is 11.6 Å². The first kappa shape index (κ1) is 13.7. The number of nitrogens with one attached hydrogen (secondary N) is 1. The van der Waals surface area contributed by atoms with Crippen molar-refractivity contribution in [2.24, 2.45) is 5.92 Å². The summed E-state index contributed by atoms with van der Waals surface area (Å²) in [7, 11) is 0. The number of phenolic OH excluding ortho intramolecular Hbond substituents is 1. The van der Waals surface area contributed by atoms with Crippen LogP contribution in [0.25, 0.3) is 0 Å². The van der Waals surface area contributed by atoms with E-state index in [-0.39, 0.29) is 0 Å². The molecular weight excluding hydrogens is 246 g/mol. The lowest BCUT2D eigenvalue weighted by Crippen LogP contribution is -2.32. The van der Waals surface area contributed by atoms with Gasteiger partial charge in [-0.15, -0.1) is 0 Å². The van der Waals surface area contributed by atoms with Crippen LogP contribution in [-0.2, 0) is 6.54 Å². The number of hydrogen-bond donors (Lipinski definition) is 2. The number of benzene rings is 1. The first-order valence-electron chi connectivity index (χ1n) is 6.89. The Labute approximate surface area is 114 Å². The number of halogens is 1. The lowest BCUT2D eigenvalue weighted by molar-refractivity contribution is 0.284. The summed E-state index contributed by atoms with van der Waals surface area (Å²) in [6.45, 7) is 2.98. The van der Waals surface area contributed by atoms with Gasteiger partial charge in [-0.2, -0.15) is 0 Å². The van der Waals surface area contributed by atoms with E-state index in [1.165, 1.54) is 32.1 Å². The van der Waals surface area contributed by atoms with Gasteiger partial charge in [0.05, 0.1) is 0 Å². The molecule has 2 rings (SSSR count). The van der Waals surface area contributed by atoms with Gasteiger partial charge in [-0.3, -0.25) is 0 Å². The topological polar surface area (TPSA) is 32.3 Å². The predicted octanol–water partition coefficient (Wildman–Crippen LogP) is 4.10. The Morgan fingerprint density at radius 2 is 2.00 bits per heavy atom. The van der Waals surface area contributed by atoms with Crippen LogP contribution in [0, 0.1) is 5.92 Å². The van der Waals surface area contributed by atoms with E-state index in [9.17, 15) is 5.11 Å². The van der Waals surface area contributed by atoms with E-state index in [0.29, 0.717) is 23.4 Å². The largest absolute Gasteiger partial charge is 0.508 e. The van der Waals surface area contributed by atoms with Crippen molar-refractivity contribution in [1.82, 2.24) is 5.32 Å². The average molecular weight is 268 g/mol. The van der Waals surface area contributed by atoms with Crippen LogP contribution in [0.5, 0.6) is 5.75 Å². The zero-order valence-corrected chi connectivity index (χ0v) is 11.7. The van der Waals surface area contributed by atoms with E-state index in [1.807, 2.05) is 6.07 Å². The monoisotopic (exact) mass is 267 g/mol. The molecule has 1 saturated carbocycles. The molecule has 1 aliphatic rings. The van der Waals surface area contributed by atoms with Crippen molar-refractivity contribution in [3.05, 3.63) is 28.8 Å². The maximum absolute atomic E-state index is 9.75. The molecule has 1 fully saturated rings. The van der Waals surface area contributed by atoms with Crippen LogP contribution in [0.1, 0.15) is 44.6 Å². The Morgan fingerprint density at radius 3 is 2.67 bits per heavy atom. The van der Waals surface area contributed by atoms with Crippen molar-refractivity contribution in [1.29, 1.82) is 0 Å². The number of phenols is 1. The third-order valence-corrected chi connectivity index (χ3v) is 4.28. The summed E-state index contributed by atoms with van der Waals surface area (Å²) in [6.07, 6.45) is 6.47. The predicted molar refractivity (Wildman–Crippen MR) is 76.0 cm³/mol. The molecule has 3 heteroatoms. The SMILES string of the molecule is CCC1CCC(NCc2cc(Cl)ccc2O)CC1. The molecular formula is C15H22ClNO. The highest BCUT2D eigenvalue weighted by Crippen LogP contribution is 2.27.